The van der Waals surface area contributed by atoms with Gasteiger partial charge in [0.25, 0.3) is 0 Å². The summed E-state index contributed by atoms with van der Waals surface area (Å²) in [5.41, 5.74) is 17.5. The van der Waals surface area contributed by atoms with Gasteiger partial charge in [0.15, 0.2) is 0 Å². The fraction of sp³-hybridized carbons (Fsp3) is 0.125. The Bertz CT molecular complexity index is 2340. The molecule has 0 unspecified atom stereocenters. The maximum absolute atomic E-state index is 2.42. The highest BCUT2D eigenvalue weighted by atomic mass is 15.1. The Kier molecular flexibility index (Phi) is 7.57. The Hall–Kier alpha value is -5.66. The molecule has 0 radical (unpaired) electrons. The summed E-state index contributed by atoms with van der Waals surface area (Å²) < 4.78 is 0. The Balaban J connectivity index is 1.13. The van der Waals surface area contributed by atoms with Crippen molar-refractivity contribution in [1.82, 2.24) is 0 Å². The third kappa shape index (κ3) is 5.56. The van der Waals surface area contributed by atoms with Crippen LogP contribution >= 0.6 is 0 Å². The molecule has 8 rings (SSSR count). The summed E-state index contributed by atoms with van der Waals surface area (Å²) in [6, 6.07) is 53.7. The average Bonchev–Trinajstić information content (AvgIpc) is 3.13. The van der Waals surface area contributed by atoms with Crippen molar-refractivity contribution < 1.29 is 0 Å². The summed E-state index contributed by atoms with van der Waals surface area (Å²) in [6.07, 6.45) is 4.35. The lowest BCUT2D eigenvalue weighted by Gasteiger charge is -2.35. The van der Waals surface area contributed by atoms with Gasteiger partial charge in [-0.3, -0.25) is 0 Å². The molecular formula is C48H41N. The van der Waals surface area contributed by atoms with E-state index in [4.69, 9.17) is 0 Å². The maximum atomic E-state index is 2.42. The van der Waals surface area contributed by atoms with E-state index in [2.05, 4.69) is 197 Å². The molecular weight excluding hydrogens is 591 g/mol. The molecule has 1 heteroatoms. The number of hydrogen-bond donors (Lipinski definition) is 0. The van der Waals surface area contributed by atoms with Gasteiger partial charge in [-0.05, 0) is 124 Å². The van der Waals surface area contributed by atoms with Crippen molar-refractivity contribution in [3.63, 3.8) is 0 Å². The van der Waals surface area contributed by atoms with Gasteiger partial charge >= 0.3 is 0 Å². The van der Waals surface area contributed by atoms with Crippen LogP contribution in [0.15, 0.2) is 146 Å². The highest BCUT2D eigenvalue weighted by Gasteiger charge is 2.33. The van der Waals surface area contributed by atoms with Gasteiger partial charge in [0.2, 0.25) is 0 Å². The molecule has 49 heavy (non-hydrogen) atoms. The number of rotatable bonds is 6. The highest BCUT2D eigenvalue weighted by molar-refractivity contribution is 6.05. The van der Waals surface area contributed by atoms with Crippen molar-refractivity contribution in [3.8, 4) is 22.3 Å². The number of hydrogen-bond acceptors (Lipinski definition) is 1. The molecule has 1 aliphatic rings. The molecule has 0 N–H and O–H groups in total. The SMILES string of the molecule is Cc1ccc(C=Cc2ccc(N(c3ccc(C)cc3)c3ccc(-c4ccc5c(c4)C(C)(C)c4cccc6c(C)ccc-5c46)cc3)cc2)cc1. The van der Waals surface area contributed by atoms with E-state index in [0.29, 0.717) is 0 Å². The minimum absolute atomic E-state index is 0.102. The largest absolute Gasteiger partial charge is 0.311 e. The lowest BCUT2D eigenvalue weighted by atomic mass is 9.68. The number of benzene rings is 7. The molecule has 0 saturated heterocycles. The van der Waals surface area contributed by atoms with E-state index in [0.717, 1.165) is 17.1 Å². The monoisotopic (exact) mass is 631 g/mol. The molecule has 0 aromatic heterocycles. The van der Waals surface area contributed by atoms with Crippen molar-refractivity contribution in [1.29, 1.82) is 0 Å². The van der Waals surface area contributed by atoms with Crippen molar-refractivity contribution >= 4 is 40.0 Å². The van der Waals surface area contributed by atoms with Gasteiger partial charge in [0.1, 0.15) is 0 Å². The molecule has 0 aliphatic heterocycles. The Morgan fingerprint density at radius 2 is 0.980 bits per heavy atom. The summed E-state index contributed by atoms with van der Waals surface area (Å²) in [5, 5.41) is 2.77. The van der Waals surface area contributed by atoms with Gasteiger partial charge < -0.3 is 4.90 Å². The number of aryl methyl sites for hydroxylation is 3. The summed E-state index contributed by atoms with van der Waals surface area (Å²) in [6.45, 7) is 11.2. The first-order valence-electron chi connectivity index (χ1n) is 17.3. The van der Waals surface area contributed by atoms with E-state index in [1.807, 2.05) is 0 Å². The third-order valence-corrected chi connectivity index (χ3v) is 10.4. The summed E-state index contributed by atoms with van der Waals surface area (Å²) >= 11 is 0. The number of anilines is 3. The normalized spacial score (nSPS) is 13.1. The van der Waals surface area contributed by atoms with Crippen LogP contribution in [0.3, 0.4) is 0 Å². The quantitative estimate of drug-likeness (QED) is 0.165. The second kappa shape index (κ2) is 12.1. The molecule has 0 heterocycles. The first kappa shape index (κ1) is 30.7. The van der Waals surface area contributed by atoms with Crippen molar-refractivity contribution in [2.45, 2.75) is 40.0 Å². The molecule has 0 fully saturated rings. The first-order valence-corrected chi connectivity index (χ1v) is 17.3. The molecule has 1 nitrogen and oxygen atoms in total. The van der Waals surface area contributed by atoms with Crippen LogP contribution in [0.1, 0.15) is 52.8 Å². The van der Waals surface area contributed by atoms with Crippen molar-refractivity contribution in [2.24, 2.45) is 0 Å². The molecule has 0 atom stereocenters. The van der Waals surface area contributed by atoms with Crippen LogP contribution in [-0.2, 0) is 5.41 Å². The van der Waals surface area contributed by atoms with E-state index < -0.39 is 0 Å². The molecule has 0 saturated carbocycles. The number of nitrogens with zero attached hydrogens (tertiary/aromatic N) is 1. The highest BCUT2D eigenvalue weighted by Crippen LogP contribution is 2.50. The standard InChI is InChI=1S/C48H41N/c1-32-9-14-35(15-10-32)16-17-36-18-25-40(26-19-36)49(39-23-11-33(2)12-24-39)41-27-20-37(21-28-41)38-22-30-43-44-29-13-34(3)42-7-6-8-45(47(42)44)48(4,5)46(43)31-38/h6-31H,1-5H3. The topological polar surface area (TPSA) is 3.24 Å². The molecule has 238 valence electrons. The van der Waals surface area contributed by atoms with E-state index in [1.54, 1.807) is 0 Å². The zero-order valence-corrected chi connectivity index (χ0v) is 29.0. The average molecular weight is 632 g/mol. The first-order chi connectivity index (χ1) is 23.8. The maximum Gasteiger partial charge on any atom is 0.0462 e. The molecule has 1 aliphatic carbocycles. The van der Waals surface area contributed by atoms with Gasteiger partial charge in [-0.25, -0.2) is 0 Å². The van der Waals surface area contributed by atoms with Crippen molar-refractivity contribution in [3.05, 3.63) is 185 Å². The minimum atomic E-state index is -0.102. The predicted octanol–water partition coefficient (Wildman–Crippen LogP) is 13.4. The second-order valence-electron chi connectivity index (χ2n) is 14.1. The minimum Gasteiger partial charge on any atom is -0.311 e. The zero-order chi connectivity index (χ0) is 33.7. The number of fused-ring (bicyclic) bond motifs is 2. The van der Waals surface area contributed by atoms with Crippen LogP contribution in [0.2, 0.25) is 0 Å². The van der Waals surface area contributed by atoms with E-state index in [-0.39, 0.29) is 5.41 Å². The zero-order valence-electron chi connectivity index (χ0n) is 29.0. The van der Waals surface area contributed by atoms with Crippen LogP contribution in [0.25, 0.3) is 45.2 Å². The Morgan fingerprint density at radius 1 is 0.469 bits per heavy atom. The molecule has 7 aromatic carbocycles. The molecule has 0 bridgehead atoms. The summed E-state index contributed by atoms with van der Waals surface area (Å²) in [5.74, 6) is 0. The van der Waals surface area contributed by atoms with E-state index in [1.165, 1.54) is 72.0 Å². The van der Waals surface area contributed by atoms with E-state index >= 15 is 0 Å². The van der Waals surface area contributed by atoms with Gasteiger partial charge in [-0.1, -0.05) is 140 Å². The third-order valence-electron chi connectivity index (χ3n) is 10.4. The lowest BCUT2D eigenvalue weighted by molar-refractivity contribution is 0.645. The van der Waals surface area contributed by atoms with Crippen molar-refractivity contribution in [2.75, 3.05) is 4.90 Å². The van der Waals surface area contributed by atoms with E-state index in [9.17, 15) is 0 Å². The Labute approximate surface area is 290 Å². The van der Waals surface area contributed by atoms with Gasteiger partial charge in [0, 0.05) is 22.5 Å². The van der Waals surface area contributed by atoms with Gasteiger partial charge in [0.05, 0.1) is 0 Å². The predicted molar refractivity (Wildman–Crippen MR) is 211 cm³/mol. The fourth-order valence-electron chi connectivity index (χ4n) is 7.47. The van der Waals surface area contributed by atoms with Gasteiger partial charge in [-0.15, -0.1) is 0 Å². The van der Waals surface area contributed by atoms with Crippen LogP contribution in [0, 0.1) is 20.8 Å². The molecule has 0 spiro atoms. The van der Waals surface area contributed by atoms with Crippen LogP contribution in [0.5, 0.6) is 0 Å². The Morgan fingerprint density at radius 3 is 1.61 bits per heavy atom. The van der Waals surface area contributed by atoms with Crippen LogP contribution in [0.4, 0.5) is 17.1 Å². The molecule has 7 aromatic rings. The summed E-state index contributed by atoms with van der Waals surface area (Å²) in [7, 11) is 0. The van der Waals surface area contributed by atoms with Gasteiger partial charge in [-0.2, -0.15) is 0 Å². The lowest BCUT2D eigenvalue weighted by Crippen LogP contribution is -2.23. The second-order valence-corrected chi connectivity index (χ2v) is 14.1. The smallest absolute Gasteiger partial charge is 0.0462 e. The molecule has 0 amide bonds. The summed E-state index contributed by atoms with van der Waals surface area (Å²) in [4.78, 5) is 2.34. The fourth-order valence-corrected chi connectivity index (χ4v) is 7.47. The van der Waals surface area contributed by atoms with Crippen LogP contribution in [-0.4, -0.2) is 0 Å². The van der Waals surface area contributed by atoms with Crippen LogP contribution < -0.4 is 4.90 Å².